The SMILES string of the molecule is CCCCC(=O)NCCCCCC(C)NCc1ccc(CC(=O)N2C3C=C(c4cccc(C(F)(F)F)c4)C=CC3N3CC[C@H]2C3)cc1. The molecule has 2 amide bonds. The highest BCUT2D eigenvalue weighted by Gasteiger charge is 2.46. The average Bonchev–Trinajstić information content (AvgIpc) is 3.48. The van der Waals surface area contributed by atoms with E-state index in [0.717, 1.165) is 88.3 Å². The number of alkyl halides is 3. The molecule has 1 aliphatic carbocycles. The monoisotopic (exact) mass is 650 g/mol. The van der Waals surface area contributed by atoms with Gasteiger partial charge in [-0.2, -0.15) is 13.2 Å². The first kappa shape index (κ1) is 34.9. The molecule has 2 N–H and O–H groups in total. The second-order valence-electron chi connectivity index (χ2n) is 13.4. The van der Waals surface area contributed by atoms with Crippen LogP contribution in [0.5, 0.6) is 0 Å². The molecule has 2 aromatic carbocycles. The zero-order valence-electron chi connectivity index (χ0n) is 27.7. The zero-order valence-corrected chi connectivity index (χ0v) is 27.7. The lowest BCUT2D eigenvalue weighted by atomic mass is 9.89. The standard InChI is InChI=1S/C38H49F3N4O2/c1-3-4-12-36(46)42-20-7-5-6-9-27(2)43-25-29-15-13-28(14-16-29)22-37(47)45-33-19-21-44(26-33)34-18-17-31(24-35(34)45)30-10-8-11-32(23-30)38(39,40)41/h8,10-11,13-18,23-24,27,33-35,43H,3-7,9,12,19-22,25-26H2,1-2H3,(H,42,46)/t27?,33-,34?,35?/m0/s1. The smallest absolute Gasteiger partial charge is 0.356 e. The number of unbranched alkanes of at least 4 members (excludes halogenated alkanes) is 3. The Morgan fingerprint density at radius 1 is 1.00 bits per heavy atom. The number of nitrogens with zero attached hydrogens (tertiary/aromatic N) is 2. The summed E-state index contributed by atoms with van der Waals surface area (Å²) in [7, 11) is 0. The highest BCUT2D eigenvalue weighted by atomic mass is 19.4. The van der Waals surface area contributed by atoms with E-state index in [1.165, 1.54) is 17.7 Å². The minimum atomic E-state index is -4.41. The quantitative estimate of drug-likeness (QED) is 0.206. The molecular formula is C38H49F3N4O2. The van der Waals surface area contributed by atoms with Crippen LogP contribution in [0.1, 0.15) is 87.5 Å². The molecule has 5 atom stereocenters. The highest BCUT2D eigenvalue weighted by molar-refractivity contribution is 5.82. The lowest BCUT2D eigenvalue weighted by Crippen LogP contribution is -2.60. The molecule has 254 valence electrons. The lowest BCUT2D eigenvalue weighted by molar-refractivity contribution is -0.138. The van der Waals surface area contributed by atoms with Crippen molar-refractivity contribution in [1.29, 1.82) is 0 Å². The van der Waals surface area contributed by atoms with Crippen molar-refractivity contribution in [1.82, 2.24) is 20.4 Å². The molecule has 2 heterocycles. The highest BCUT2D eigenvalue weighted by Crippen LogP contribution is 2.37. The van der Waals surface area contributed by atoms with Gasteiger partial charge in [0.15, 0.2) is 0 Å². The molecule has 0 saturated carbocycles. The first-order chi connectivity index (χ1) is 22.6. The predicted molar refractivity (Wildman–Crippen MR) is 180 cm³/mol. The van der Waals surface area contributed by atoms with Crippen LogP contribution in [0, 0.1) is 0 Å². The number of rotatable bonds is 15. The van der Waals surface area contributed by atoms with E-state index >= 15 is 0 Å². The Kier molecular flexibility index (Phi) is 12.0. The second kappa shape index (κ2) is 16.1. The molecular weight excluding hydrogens is 601 g/mol. The van der Waals surface area contributed by atoms with E-state index in [-0.39, 0.29) is 29.9 Å². The maximum atomic E-state index is 13.9. The minimum Gasteiger partial charge on any atom is -0.356 e. The second-order valence-corrected chi connectivity index (χ2v) is 13.4. The molecule has 0 spiro atoms. The molecule has 47 heavy (non-hydrogen) atoms. The largest absolute Gasteiger partial charge is 0.416 e. The first-order valence-corrected chi connectivity index (χ1v) is 17.3. The zero-order chi connectivity index (χ0) is 33.4. The normalized spacial score (nSPS) is 22.5. The third kappa shape index (κ3) is 9.35. The molecule has 6 nitrogen and oxygen atoms in total. The summed E-state index contributed by atoms with van der Waals surface area (Å²) >= 11 is 0. The van der Waals surface area contributed by atoms with E-state index < -0.39 is 11.7 Å². The van der Waals surface area contributed by atoms with Crippen molar-refractivity contribution in [3.05, 3.63) is 89.0 Å². The van der Waals surface area contributed by atoms with E-state index in [1.807, 2.05) is 29.2 Å². The van der Waals surface area contributed by atoms with Gasteiger partial charge in [-0.1, -0.05) is 80.8 Å². The number of benzene rings is 2. The van der Waals surface area contributed by atoms with Crippen molar-refractivity contribution in [2.75, 3.05) is 19.6 Å². The molecule has 4 unspecified atom stereocenters. The number of allylic oxidation sites excluding steroid dienone is 2. The summed E-state index contributed by atoms with van der Waals surface area (Å²) in [6, 6.07) is 13.9. The van der Waals surface area contributed by atoms with Gasteiger partial charge >= 0.3 is 6.18 Å². The topological polar surface area (TPSA) is 64.7 Å². The number of amides is 2. The van der Waals surface area contributed by atoms with Gasteiger partial charge in [-0.15, -0.1) is 0 Å². The summed E-state index contributed by atoms with van der Waals surface area (Å²) in [5, 5.41) is 6.60. The van der Waals surface area contributed by atoms with Crippen LogP contribution < -0.4 is 10.6 Å². The van der Waals surface area contributed by atoms with Gasteiger partial charge in [0.25, 0.3) is 0 Å². The molecule has 2 saturated heterocycles. The van der Waals surface area contributed by atoms with Crippen LogP contribution in [0.15, 0.2) is 66.8 Å². The Hall–Kier alpha value is -3.43. The molecule has 2 aliphatic heterocycles. The Balaban J connectivity index is 1.12. The van der Waals surface area contributed by atoms with Crippen molar-refractivity contribution in [2.24, 2.45) is 0 Å². The summed E-state index contributed by atoms with van der Waals surface area (Å²) in [6.07, 6.45) is 9.64. The summed E-state index contributed by atoms with van der Waals surface area (Å²) in [5.74, 6) is 0.217. The fourth-order valence-corrected chi connectivity index (χ4v) is 7.02. The number of nitrogens with one attached hydrogen (secondary N) is 2. The number of carbonyl (C=O) groups excluding carboxylic acids is 2. The van der Waals surface area contributed by atoms with Crippen molar-refractivity contribution in [3.63, 3.8) is 0 Å². The fraction of sp³-hybridized carbons (Fsp3) is 0.526. The molecule has 9 heteroatoms. The van der Waals surface area contributed by atoms with Crippen molar-refractivity contribution in [3.8, 4) is 0 Å². The Bertz CT molecular complexity index is 1420. The van der Waals surface area contributed by atoms with Crippen LogP contribution in [0.4, 0.5) is 13.2 Å². The summed E-state index contributed by atoms with van der Waals surface area (Å²) in [5.41, 5.74) is 2.68. The number of halogens is 3. The van der Waals surface area contributed by atoms with E-state index in [2.05, 4.69) is 47.6 Å². The maximum absolute atomic E-state index is 13.9. The molecule has 2 aromatic rings. The number of carbonyl (C=O) groups is 2. The number of hydrogen-bond donors (Lipinski definition) is 2. The van der Waals surface area contributed by atoms with Gasteiger partial charge in [0.1, 0.15) is 0 Å². The summed E-state index contributed by atoms with van der Waals surface area (Å²) < 4.78 is 40.2. The van der Waals surface area contributed by atoms with Crippen LogP contribution in [-0.4, -0.2) is 65.4 Å². The van der Waals surface area contributed by atoms with Crippen LogP contribution in [-0.2, 0) is 28.7 Å². The van der Waals surface area contributed by atoms with Crippen LogP contribution in [0.3, 0.4) is 0 Å². The third-order valence-corrected chi connectivity index (χ3v) is 9.74. The van der Waals surface area contributed by atoms with Crippen LogP contribution in [0.25, 0.3) is 5.57 Å². The van der Waals surface area contributed by atoms with Crippen LogP contribution >= 0.6 is 0 Å². The van der Waals surface area contributed by atoms with E-state index in [1.54, 1.807) is 6.07 Å². The molecule has 0 radical (unpaired) electrons. The van der Waals surface area contributed by atoms with Crippen LogP contribution in [0.2, 0.25) is 0 Å². The van der Waals surface area contributed by atoms with Gasteiger partial charge in [0.05, 0.1) is 24.1 Å². The number of hydrogen-bond acceptors (Lipinski definition) is 4. The van der Waals surface area contributed by atoms with Crippen molar-refractivity contribution in [2.45, 2.75) is 109 Å². The molecule has 5 rings (SSSR count). The van der Waals surface area contributed by atoms with Gasteiger partial charge in [0.2, 0.25) is 11.8 Å². The summed E-state index contributed by atoms with van der Waals surface area (Å²) in [4.78, 5) is 29.9. The number of piperazine rings is 1. The van der Waals surface area contributed by atoms with Gasteiger partial charge in [-0.05, 0) is 67.0 Å². The first-order valence-electron chi connectivity index (χ1n) is 17.3. The minimum absolute atomic E-state index is 0.0270. The predicted octanol–water partition coefficient (Wildman–Crippen LogP) is 6.90. The Morgan fingerprint density at radius 2 is 1.79 bits per heavy atom. The molecule has 3 aliphatic rings. The lowest BCUT2D eigenvalue weighted by Gasteiger charge is -2.46. The fourth-order valence-electron chi connectivity index (χ4n) is 7.02. The number of fused-ring (bicyclic) bond motifs is 4. The molecule has 2 bridgehead atoms. The van der Waals surface area contributed by atoms with Crippen molar-refractivity contribution >= 4 is 17.4 Å². The van der Waals surface area contributed by atoms with Gasteiger partial charge in [-0.25, -0.2) is 0 Å². The third-order valence-electron chi connectivity index (χ3n) is 9.74. The van der Waals surface area contributed by atoms with E-state index in [4.69, 9.17) is 0 Å². The van der Waals surface area contributed by atoms with E-state index in [9.17, 15) is 22.8 Å². The molecule has 2 fully saturated rings. The van der Waals surface area contributed by atoms with Gasteiger partial charge in [0, 0.05) is 44.7 Å². The summed E-state index contributed by atoms with van der Waals surface area (Å²) in [6.45, 7) is 7.53. The Morgan fingerprint density at radius 3 is 2.55 bits per heavy atom. The van der Waals surface area contributed by atoms with Crippen molar-refractivity contribution < 1.29 is 22.8 Å². The Labute approximate surface area is 277 Å². The van der Waals surface area contributed by atoms with Gasteiger partial charge < -0.3 is 15.5 Å². The maximum Gasteiger partial charge on any atom is 0.416 e. The van der Waals surface area contributed by atoms with Gasteiger partial charge in [-0.3, -0.25) is 14.5 Å². The molecule has 0 aromatic heterocycles. The average molecular weight is 651 g/mol. The van der Waals surface area contributed by atoms with E-state index in [0.29, 0.717) is 24.4 Å².